The number of benzene rings is 6. The van der Waals surface area contributed by atoms with Gasteiger partial charge in [0, 0.05) is 22.9 Å². The van der Waals surface area contributed by atoms with Gasteiger partial charge in [-0.1, -0.05) is 133 Å². The molecule has 2 aromatic heterocycles. The van der Waals surface area contributed by atoms with Crippen LogP contribution in [0.1, 0.15) is 18.4 Å². The number of hydrogen-bond donors (Lipinski definition) is 0. The minimum atomic E-state index is 0.946. The summed E-state index contributed by atoms with van der Waals surface area (Å²) in [7, 11) is 0. The van der Waals surface area contributed by atoms with Crippen molar-refractivity contribution in [1.29, 1.82) is 0 Å². The second-order valence-electron chi connectivity index (χ2n) is 12.9. The molecule has 0 amide bonds. The van der Waals surface area contributed by atoms with Gasteiger partial charge in [-0.05, 0) is 110 Å². The zero-order valence-corrected chi connectivity index (χ0v) is 27.6. The van der Waals surface area contributed by atoms with Crippen molar-refractivity contribution in [2.24, 2.45) is 0 Å². The molecule has 9 rings (SSSR count). The first-order valence-electron chi connectivity index (χ1n) is 17.3. The van der Waals surface area contributed by atoms with E-state index in [9.17, 15) is 0 Å². The molecule has 0 unspecified atom stereocenters. The first kappa shape index (κ1) is 29.7. The van der Waals surface area contributed by atoms with Gasteiger partial charge in [-0.2, -0.15) is 0 Å². The summed E-state index contributed by atoms with van der Waals surface area (Å²) in [4.78, 5) is 10.2. The van der Waals surface area contributed by atoms with Gasteiger partial charge in [0.25, 0.3) is 0 Å². The van der Waals surface area contributed by atoms with Gasteiger partial charge < -0.3 is 0 Å². The van der Waals surface area contributed by atoms with Crippen molar-refractivity contribution in [2.75, 3.05) is 0 Å². The highest BCUT2D eigenvalue weighted by atomic mass is 14.7. The van der Waals surface area contributed by atoms with Crippen molar-refractivity contribution >= 4 is 27.1 Å². The molecule has 50 heavy (non-hydrogen) atoms. The molecule has 0 spiro atoms. The van der Waals surface area contributed by atoms with E-state index >= 15 is 0 Å². The number of nitrogens with zero attached hydrogens (tertiary/aromatic N) is 2. The number of allylic oxidation sites excluding steroid dienone is 4. The van der Waals surface area contributed by atoms with Crippen molar-refractivity contribution in [3.05, 3.63) is 188 Å². The maximum atomic E-state index is 5.17. The predicted octanol–water partition coefficient (Wildman–Crippen LogP) is 12.9. The van der Waals surface area contributed by atoms with Crippen LogP contribution in [0, 0.1) is 0 Å². The first-order chi connectivity index (χ1) is 24.8. The van der Waals surface area contributed by atoms with Crippen LogP contribution in [0.2, 0.25) is 0 Å². The average Bonchev–Trinajstić information content (AvgIpc) is 3.21. The molecule has 236 valence electrons. The lowest BCUT2D eigenvalue weighted by Crippen LogP contribution is -1.94. The lowest BCUT2D eigenvalue weighted by Gasteiger charge is -2.16. The van der Waals surface area contributed by atoms with E-state index in [1.54, 1.807) is 0 Å². The molecule has 0 N–H and O–H groups in total. The largest absolute Gasteiger partial charge is 0.256 e. The monoisotopic (exact) mass is 638 g/mol. The van der Waals surface area contributed by atoms with Gasteiger partial charge in [0.15, 0.2) is 0 Å². The van der Waals surface area contributed by atoms with Crippen LogP contribution < -0.4 is 0 Å². The minimum Gasteiger partial charge on any atom is -0.256 e. The molecule has 0 atom stereocenters. The fourth-order valence-corrected chi connectivity index (χ4v) is 7.16. The summed E-state index contributed by atoms with van der Waals surface area (Å²) >= 11 is 0. The van der Waals surface area contributed by atoms with Crippen LogP contribution in [0.3, 0.4) is 0 Å². The fraction of sp³-hybridized carbons (Fsp3) is 0.0417. The van der Waals surface area contributed by atoms with Crippen molar-refractivity contribution in [1.82, 2.24) is 9.97 Å². The third kappa shape index (κ3) is 5.71. The lowest BCUT2D eigenvalue weighted by molar-refractivity contribution is 1.04. The van der Waals surface area contributed by atoms with Gasteiger partial charge in [-0.25, -0.2) is 4.98 Å². The summed E-state index contributed by atoms with van der Waals surface area (Å²) < 4.78 is 0. The maximum absolute atomic E-state index is 5.17. The predicted molar refractivity (Wildman–Crippen MR) is 211 cm³/mol. The van der Waals surface area contributed by atoms with Gasteiger partial charge >= 0.3 is 0 Å². The summed E-state index contributed by atoms with van der Waals surface area (Å²) in [5, 5.41) is 4.98. The molecular weight excluding hydrogens is 605 g/mol. The molecule has 0 aliphatic heterocycles. The number of hydrogen-bond acceptors (Lipinski definition) is 2. The van der Waals surface area contributed by atoms with Gasteiger partial charge in [-0.3, -0.25) is 4.98 Å². The molecule has 1 aliphatic rings. The van der Waals surface area contributed by atoms with E-state index in [1.807, 2.05) is 6.20 Å². The fourth-order valence-electron chi connectivity index (χ4n) is 7.16. The Bertz CT molecular complexity index is 2500. The Morgan fingerprint density at radius 1 is 0.400 bits per heavy atom. The SMILES string of the molecule is C1=CC(c2ccc(-c3cc(-c4cc(-c5ccccc5)nc(-c5ccccc5)c4)cc(-c4cc5ccccc5c5ccccc45)c3)nc2)=CCC1. The van der Waals surface area contributed by atoms with Crippen molar-refractivity contribution < 1.29 is 0 Å². The first-order valence-corrected chi connectivity index (χ1v) is 17.3. The molecule has 6 aromatic carbocycles. The van der Waals surface area contributed by atoms with E-state index in [4.69, 9.17) is 9.97 Å². The summed E-state index contributed by atoms with van der Waals surface area (Å²) in [6, 6.07) is 56.4. The molecule has 2 heteroatoms. The summed E-state index contributed by atoms with van der Waals surface area (Å²) in [6.45, 7) is 0. The number of aromatic nitrogens is 2. The Kier molecular flexibility index (Phi) is 7.68. The minimum absolute atomic E-state index is 0.946. The van der Waals surface area contributed by atoms with Crippen molar-refractivity contribution in [3.8, 4) is 56.0 Å². The number of rotatable bonds is 6. The molecule has 0 radical (unpaired) electrons. The Morgan fingerprint density at radius 2 is 1.02 bits per heavy atom. The molecule has 0 fully saturated rings. The van der Waals surface area contributed by atoms with Crippen LogP contribution >= 0.6 is 0 Å². The van der Waals surface area contributed by atoms with Crippen LogP contribution in [0.25, 0.3) is 83.1 Å². The number of fused-ring (bicyclic) bond motifs is 3. The van der Waals surface area contributed by atoms with E-state index in [0.29, 0.717) is 0 Å². The summed E-state index contributed by atoms with van der Waals surface area (Å²) in [5.74, 6) is 0. The van der Waals surface area contributed by atoms with Crippen molar-refractivity contribution in [3.63, 3.8) is 0 Å². The van der Waals surface area contributed by atoms with E-state index in [-0.39, 0.29) is 0 Å². The topological polar surface area (TPSA) is 25.8 Å². The Labute approximate surface area is 292 Å². The van der Waals surface area contributed by atoms with E-state index in [2.05, 4.69) is 176 Å². The maximum Gasteiger partial charge on any atom is 0.0715 e. The lowest BCUT2D eigenvalue weighted by atomic mass is 9.89. The molecule has 2 nitrogen and oxygen atoms in total. The normalized spacial score (nSPS) is 12.7. The van der Waals surface area contributed by atoms with Crippen molar-refractivity contribution in [2.45, 2.75) is 12.8 Å². The molecule has 8 aromatic rings. The Hall–Kier alpha value is -6.38. The van der Waals surface area contributed by atoms with Crippen LogP contribution in [-0.4, -0.2) is 9.97 Å². The second-order valence-corrected chi connectivity index (χ2v) is 12.9. The highest BCUT2D eigenvalue weighted by Gasteiger charge is 2.15. The van der Waals surface area contributed by atoms with Crippen LogP contribution in [0.5, 0.6) is 0 Å². The molecule has 2 heterocycles. The smallest absolute Gasteiger partial charge is 0.0715 e. The third-order valence-electron chi connectivity index (χ3n) is 9.70. The van der Waals surface area contributed by atoms with Crippen LogP contribution in [-0.2, 0) is 0 Å². The molecular formula is C48H34N2. The summed E-state index contributed by atoms with van der Waals surface area (Å²) in [6.07, 6.45) is 10.9. The summed E-state index contributed by atoms with van der Waals surface area (Å²) in [5.41, 5.74) is 13.1. The Morgan fingerprint density at radius 3 is 1.70 bits per heavy atom. The van der Waals surface area contributed by atoms with Gasteiger partial charge in [0.2, 0.25) is 0 Å². The quantitative estimate of drug-likeness (QED) is 0.169. The van der Waals surface area contributed by atoms with Gasteiger partial charge in [-0.15, -0.1) is 0 Å². The standard InChI is InChI=1S/C48H34N2/c1-4-14-33(15-5-1)37-24-25-46(49-32-37)41-27-38(26-40(28-41)45-29-36-20-10-11-21-42(36)43-22-12-13-23-44(43)45)39-30-47(34-16-6-2-7-17-34)50-48(31-39)35-18-8-3-9-19-35/h2-4,6-32H,1,5H2. The van der Waals surface area contributed by atoms with E-state index in [1.165, 1.54) is 32.7 Å². The highest BCUT2D eigenvalue weighted by molar-refractivity contribution is 6.14. The molecule has 0 saturated carbocycles. The third-order valence-corrected chi connectivity index (χ3v) is 9.70. The molecule has 0 saturated heterocycles. The van der Waals surface area contributed by atoms with E-state index < -0.39 is 0 Å². The Balaban J connectivity index is 1.28. The second kappa shape index (κ2) is 12.9. The highest BCUT2D eigenvalue weighted by Crippen LogP contribution is 2.40. The van der Waals surface area contributed by atoms with E-state index in [0.717, 1.165) is 68.9 Å². The average molecular weight is 639 g/mol. The molecule has 1 aliphatic carbocycles. The molecule has 0 bridgehead atoms. The zero-order valence-electron chi connectivity index (χ0n) is 27.6. The number of pyridine rings is 2. The zero-order chi connectivity index (χ0) is 33.3. The van der Waals surface area contributed by atoms with Gasteiger partial charge in [0.05, 0.1) is 17.1 Å². The van der Waals surface area contributed by atoms with Crippen LogP contribution in [0.4, 0.5) is 0 Å². The van der Waals surface area contributed by atoms with Crippen LogP contribution in [0.15, 0.2) is 182 Å². The van der Waals surface area contributed by atoms with Gasteiger partial charge in [0.1, 0.15) is 0 Å².